The predicted octanol–water partition coefficient (Wildman–Crippen LogP) is -0.631. The van der Waals surface area contributed by atoms with Gasteiger partial charge in [-0.1, -0.05) is 0 Å². The Morgan fingerprint density at radius 3 is 1.95 bits per heavy atom. The third kappa shape index (κ3) is 10.4. The van der Waals surface area contributed by atoms with E-state index in [0.29, 0.717) is 25.7 Å². The van der Waals surface area contributed by atoms with Crippen LogP contribution in [0.1, 0.15) is 32.1 Å². The maximum absolute atomic E-state index is 11.2. The highest BCUT2D eigenvalue weighted by Crippen LogP contribution is 2.00. The highest BCUT2D eigenvalue weighted by Gasteiger charge is 2.21. The van der Waals surface area contributed by atoms with E-state index < -0.39 is 24.5 Å². The van der Waals surface area contributed by atoms with Crippen molar-refractivity contribution in [1.29, 1.82) is 0 Å². The fraction of sp³-hybridized carbons (Fsp3) is 0.833. The number of carbonyl (C=O) groups is 2. The minimum Gasteiger partial charge on any atom is -0.466 e. The molecular formula is C12H22O7. The molecule has 7 heteroatoms. The van der Waals surface area contributed by atoms with Gasteiger partial charge in [0.05, 0.1) is 19.6 Å². The first kappa shape index (κ1) is 17.8. The van der Waals surface area contributed by atoms with Crippen molar-refractivity contribution in [3.8, 4) is 0 Å². The summed E-state index contributed by atoms with van der Waals surface area (Å²) in [5.74, 6) is -1.55. The summed E-state index contributed by atoms with van der Waals surface area (Å²) in [6, 6.07) is 0. The molecule has 0 aromatic heterocycles. The van der Waals surface area contributed by atoms with Crippen LogP contribution in [0.4, 0.5) is 0 Å². The van der Waals surface area contributed by atoms with E-state index in [9.17, 15) is 14.7 Å². The first-order chi connectivity index (χ1) is 9.11. The summed E-state index contributed by atoms with van der Waals surface area (Å²) in [6.07, 6.45) is 0.0982. The number of aliphatic hydroxyl groups is 3. The summed E-state index contributed by atoms with van der Waals surface area (Å²) in [7, 11) is 0. The van der Waals surface area contributed by atoms with Crippen molar-refractivity contribution in [2.75, 3.05) is 26.4 Å². The van der Waals surface area contributed by atoms with Gasteiger partial charge in [-0.25, -0.2) is 4.79 Å². The van der Waals surface area contributed by atoms with E-state index in [-0.39, 0.29) is 26.4 Å². The van der Waals surface area contributed by atoms with E-state index in [0.717, 1.165) is 0 Å². The summed E-state index contributed by atoms with van der Waals surface area (Å²) in [5, 5.41) is 26.4. The Hall–Kier alpha value is -1.18. The standard InChI is InChI=1S/C12H22O7/c13-5-1-3-7-18-11(16)9-10(15)12(17)19-8-4-2-6-14/h10,13-15H,1-9H2. The zero-order valence-corrected chi connectivity index (χ0v) is 10.9. The van der Waals surface area contributed by atoms with Crippen LogP contribution in [-0.4, -0.2) is 59.8 Å². The molecular weight excluding hydrogens is 256 g/mol. The summed E-state index contributed by atoms with van der Waals surface area (Å²) in [4.78, 5) is 22.5. The molecule has 0 rings (SSSR count). The van der Waals surface area contributed by atoms with Gasteiger partial charge < -0.3 is 24.8 Å². The van der Waals surface area contributed by atoms with Gasteiger partial charge >= 0.3 is 11.9 Å². The summed E-state index contributed by atoms with van der Waals surface area (Å²) < 4.78 is 9.47. The van der Waals surface area contributed by atoms with Crippen molar-refractivity contribution in [3.05, 3.63) is 0 Å². The number of hydrogen-bond acceptors (Lipinski definition) is 7. The van der Waals surface area contributed by atoms with Crippen molar-refractivity contribution < 1.29 is 34.4 Å². The Labute approximate surface area is 112 Å². The van der Waals surface area contributed by atoms with Gasteiger partial charge in [-0.15, -0.1) is 0 Å². The first-order valence-electron chi connectivity index (χ1n) is 6.33. The minimum absolute atomic E-state index is 0.0142. The van der Waals surface area contributed by atoms with Crippen LogP contribution in [-0.2, 0) is 19.1 Å². The smallest absolute Gasteiger partial charge is 0.335 e. The lowest BCUT2D eigenvalue weighted by atomic mass is 10.2. The number of hydrogen-bond donors (Lipinski definition) is 3. The zero-order chi connectivity index (χ0) is 14.5. The van der Waals surface area contributed by atoms with E-state index in [2.05, 4.69) is 0 Å². The molecule has 0 aliphatic rings. The molecule has 0 aromatic carbocycles. The van der Waals surface area contributed by atoms with Crippen molar-refractivity contribution in [2.24, 2.45) is 0 Å². The molecule has 0 aromatic rings. The molecule has 0 spiro atoms. The molecule has 0 aliphatic heterocycles. The van der Waals surface area contributed by atoms with E-state index >= 15 is 0 Å². The van der Waals surface area contributed by atoms with Crippen LogP contribution < -0.4 is 0 Å². The molecule has 0 aliphatic carbocycles. The zero-order valence-electron chi connectivity index (χ0n) is 10.9. The van der Waals surface area contributed by atoms with Crippen LogP contribution in [0.25, 0.3) is 0 Å². The maximum Gasteiger partial charge on any atom is 0.335 e. The highest BCUT2D eigenvalue weighted by atomic mass is 16.6. The number of carbonyl (C=O) groups excluding carboxylic acids is 2. The second-order valence-corrected chi connectivity index (χ2v) is 3.97. The average Bonchev–Trinajstić information content (AvgIpc) is 2.39. The number of rotatable bonds is 11. The van der Waals surface area contributed by atoms with Gasteiger partial charge in [0.2, 0.25) is 0 Å². The van der Waals surface area contributed by atoms with Crippen molar-refractivity contribution >= 4 is 11.9 Å². The molecule has 3 N–H and O–H groups in total. The Kier molecular flexibility index (Phi) is 11.1. The fourth-order valence-corrected chi connectivity index (χ4v) is 1.18. The molecule has 1 atom stereocenters. The molecule has 0 amide bonds. The summed E-state index contributed by atoms with van der Waals surface area (Å²) in [5.41, 5.74) is 0. The van der Waals surface area contributed by atoms with Gasteiger partial charge in [-0.3, -0.25) is 4.79 Å². The number of unbranched alkanes of at least 4 members (excludes halogenated alkanes) is 2. The van der Waals surface area contributed by atoms with E-state index in [1.165, 1.54) is 0 Å². The molecule has 0 saturated carbocycles. The van der Waals surface area contributed by atoms with Crippen LogP contribution >= 0.6 is 0 Å². The normalized spacial score (nSPS) is 11.9. The predicted molar refractivity (Wildman–Crippen MR) is 65.2 cm³/mol. The van der Waals surface area contributed by atoms with Gasteiger partial charge in [-0.2, -0.15) is 0 Å². The van der Waals surface area contributed by atoms with E-state index in [4.69, 9.17) is 19.7 Å². The first-order valence-corrected chi connectivity index (χ1v) is 6.33. The second-order valence-electron chi connectivity index (χ2n) is 3.97. The molecule has 0 saturated heterocycles. The van der Waals surface area contributed by atoms with Crippen LogP contribution in [0.15, 0.2) is 0 Å². The highest BCUT2D eigenvalue weighted by molar-refractivity contribution is 5.81. The Morgan fingerprint density at radius 2 is 1.42 bits per heavy atom. The topological polar surface area (TPSA) is 113 Å². The minimum atomic E-state index is -1.53. The van der Waals surface area contributed by atoms with E-state index in [1.807, 2.05) is 0 Å². The average molecular weight is 278 g/mol. The lowest BCUT2D eigenvalue weighted by molar-refractivity contribution is -0.160. The SMILES string of the molecule is O=C(CC(O)C(=O)OCCCCO)OCCCCO. The van der Waals surface area contributed by atoms with Gasteiger partial charge in [0.25, 0.3) is 0 Å². The number of aliphatic hydroxyl groups excluding tert-OH is 3. The molecule has 0 fully saturated rings. The van der Waals surface area contributed by atoms with Gasteiger partial charge in [0.15, 0.2) is 6.10 Å². The lowest BCUT2D eigenvalue weighted by Crippen LogP contribution is -2.27. The fourth-order valence-electron chi connectivity index (χ4n) is 1.18. The molecule has 112 valence electrons. The largest absolute Gasteiger partial charge is 0.466 e. The molecule has 19 heavy (non-hydrogen) atoms. The van der Waals surface area contributed by atoms with Crippen LogP contribution in [0.2, 0.25) is 0 Å². The number of esters is 2. The third-order valence-electron chi connectivity index (χ3n) is 2.24. The molecule has 1 unspecified atom stereocenters. The van der Waals surface area contributed by atoms with Crippen LogP contribution in [0, 0.1) is 0 Å². The monoisotopic (exact) mass is 278 g/mol. The van der Waals surface area contributed by atoms with Crippen molar-refractivity contribution in [1.82, 2.24) is 0 Å². The lowest BCUT2D eigenvalue weighted by Gasteiger charge is -2.10. The van der Waals surface area contributed by atoms with Crippen molar-refractivity contribution in [3.63, 3.8) is 0 Å². The van der Waals surface area contributed by atoms with Crippen molar-refractivity contribution in [2.45, 2.75) is 38.2 Å². The Morgan fingerprint density at radius 1 is 0.895 bits per heavy atom. The molecule has 0 bridgehead atoms. The number of ether oxygens (including phenoxy) is 2. The maximum atomic E-state index is 11.2. The third-order valence-corrected chi connectivity index (χ3v) is 2.24. The Bertz CT molecular complexity index is 254. The molecule has 0 heterocycles. The summed E-state index contributed by atoms with van der Waals surface area (Å²) >= 11 is 0. The van der Waals surface area contributed by atoms with Gasteiger partial charge in [0.1, 0.15) is 0 Å². The van der Waals surface area contributed by atoms with Gasteiger partial charge in [-0.05, 0) is 25.7 Å². The Balaban J connectivity index is 3.66. The second kappa shape index (κ2) is 11.9. The summed E-state index contributed by atoms with van der Waals surface area (Å²) in [6.45, 7) is 0.292. The van der Waals surface area contributed by atoms with Crippen LogP contribution in [0.3, 0.4) is 0 Å². The van der Waals surface area contributed by atoms with Crippen LogP contribution in [0.5, 0.6) is 0 Å². The quantitative estimate of drug-likeness (QED) is 0.340. The van der Waals surface area contributed by atoms with Gasteiger partial charge in [0, 0.05) is 13.2 Å². The molecule has 0 radical (unpaired) electrons. The molecule has 7 nitrogen and oxygen atoms in total. The van der Waals surface area contributed by atoms with E-state index in [1.54, 1.807) is 0 Å².